The van der Waals surface area contributed by atoms with Gasteiger partial charge in [0.15, 0.2) is 0 Å². The maximum absolute atomic E-state index is 13.5. The van der Waals surface area contributed by atoms with E-state index in [1.165, 1.54) is 12.1 Å². The topological polar surface area (TPSA) is 48.4 Å². The predicted octanol–water partition coefficient (Wildman–Crippen LogP) is 7.32. The molecule has 1 aromatic heterocycles. The van der Waals surface area contributed by atoms with Crippen molar-refractivity contribution in [2.45, 2.75) is 44.3 Å². The Morgan fingerprint density at radius 2 is 1.55 bits per heavy atom. The zero-order chi connectivity index (χ0) is 23.0. The first kappa shape index (κ1) is 21.6. The van der Waals surface area contributed by atoms with Crippen LogP contribution in [0, 0.1) is 5.82 Å². The molecule has 0 radical (unpaired) electrons. The van der Waals surface area contributed by atoms with Crippen molar-refractivity contribution < 1.29 is 22.3 Å². The monoisotopic (exact) mass is 451 g/mol. The first-order chi connectivity index (χ1) is 15.9. The van der Waals surface area contributed by atoms with E-state index in [2.05, 4.69) is 0 Å². The zero-order valence-corrected chi connectivity index (χ0v) is 18.0. The van der Waals surface area contributed by atoms with Gasteiger partial charge in [0.05, 0.1) is 12.6 Å². The van der Waals surface area contributed by atoms with Gasteiger partial charge in [-0.2, -0.15) is 0 Å². The summed E-state index contributed by atoms with van der Waals surface area (Å²) in [4.78, 5) is 0. The standard InChI is InChI=1S/C27H24F3NO2/c28-21-5-1-18(2-6-21)25-15-19(13-20-14-24(16-31)33-26(20)25)17-3-7-22(8-4-17)32-23-9-11-27(29,30)12-10-23/h1-8,13-15,23H,9-12,16,31H2. The molecule has 4 aromatic rings. The Labute approximate surface area is 190 Å². The molecule has 0 amide bonds. The second kappa shape index (κ2) is 8.60. The third-order valence-electron chi connectivity index (χ3n) is 6.18. The highest BCUT2D eigenvalue weighted by Gasteiger charge is 2.35. The van der Waals surface area contributed by atoms with Crippen LogP contribution in [0.1, 0.15) is 31.4 Å². The summed E-state index contributed by atoms with van der Waals surface area (Å²) in [5.41, 5.74) is 10.1. The average molecular weight is 451 g/mol. The van der Waals surface area contributed by atoms with Gasteiger partial charge in [0.1, 0.15) is 22.9 Å². The van der Waals surface area contributed by atoms with Gasteiger partial charge in [-0.05, 0) is 72.0 Å². The van der Waals surface area contributed by atoms with Crippen LogP contribution in [0.15, 0.2) is 71.1 Å². The fraction of sp³-hybridized carbons (Fsp3) is 0.259. The zero-order valence-electron chi connectivity index (χ0n) is 18.0. The molecule has 1 heterocycles. The van der Waals surface area contributed by atoms with Gasteiger partial charge in [0.2, 0.25) is 5.92 Å². The summed E-state index contributed by atoms with van der Waals surface area (Å²) in [7, 11) is 0. The molecular weight excluding hydrogens is 427 g/mol. The van der Waals surface area contributed by atoms with Crippen LogP contribution in [0.25, 0.3) is 33.2 Å². The molecule has 170 valence electrons. The lowest BCUT2D eigenvalue weighted by atomic mass is 9.94. The summed E-state index contributed by atoms with van der Waals surface area (Å²) in [5.74, 6) is -1.53. The molecule has 3 aromatic carbocycles. The second-order valence-corrected chi connectivity index (χ2v) is 8.56. The summed E-state index contributed by atoms with van der Waals surface area (Å²) in [6, 6.07) is 19.9. The minimum Gasteiger partial charge on any atom is -0.490 e. The fourth-order valence-corrected chi connectivity index (χ4v) is 4.37. The minimum atomic E-state index is -2.57. The number of benzene rings is 3. The number of hydrogen-bond donors (Lipinski definition) is 1. The molecule has 33 heavy (non-hydrogen) atoms. The maximum Gasteiger partial charge on any atom is 0.248 e. The van der Waals surface area contributed by atoms with E-state index in [1.807, 2.05) is 42.5 Å². The van der Waals surface area contributed by atoms with E-state index < -0.39 is 5.92 Å². The van der Waals surface area contributed by atoms with E-state index in [1.54, 1.807) is 12.1 Å². The van der Waals surface area contributed by atoms with Gasteiger partial charge in [-0.3, -0.25) is 0 Å². The van der Waals surface area contributed by atoms with Crippen LogP contribution in [-0.4, -0.2) is 12.0 Å². The van der Waals surface area contributed by atoms with Crippen LogP contribution in [0.4, 0.5) is 13.2 Å². The lowest BCUT2D eigenvalue weighted by Crippen LogP contribution is -2.30. The normalized spacial score (nSPS) is 16.2. The molecule has 2 N–H and O–H groups in total. The van der Waals surface area contributed by atoms with Crippen molar-refractivity contribution in [3.8, 4) is 28.0 Å². The quantitative estimate of drug-likeness (QED) is 0.346. The highest BCUT2D eigenvalue weighted by molar-refractivity contribution is 5.97. The fourth-order valence-electron chi connectivity index (χ4n) is 4.37. The molecule has 0 atom stereocenters. The van der Waals surface area contributed by atoms with Crippen molar-refractivity contribution in [1.29, 1.82) is 0 Å². The molecule has 1 aliphatic carbocycles. The van der Waals surface area contributed by atoms with E-state index in [0.717, 1.165) is 27.6 Å². The predicted molar refractivity (Wildman–Crippen MR) is 123 cm³/mol. The van der Waals surface area contributed by atoms with Crippen LogP contribution >= 0.6 is 0 Å². The summed E-state index contributed by atoms with van der Waals surface area (Å²) < 4.78 is 52.1. The molecule has 1 aliphatic rings. The number of rotatable bonds is 5. The average Bonchev–Trinajstić information content (AvgIpc) is 3.24. The maximum atomic E-state index is 13.5. The molecular formula is C27H24F3NO2. The van der Waals surface area contributed by atoms with E-state index in [4.69, 9.17) is 14.9 Å². The Morgan fingerprint density at radius 1 is 0.879 bits per heavy atom. The summed E-state index contributed by atoms with van der Waals surface area (Å²) in [6.07, 6.45) is 0.277. The van der Waals surface area contributed by atoms with E-state index >= 15 is 0 Å². The van der Waals surface area contributed by atoms with E-state index in [0.29, 0.717) is 29.9 Å². The largest absolute Gasteiger partial charge is 0.490 e. The first-order valence-electron chi connectivity index (χ1n) is 11.1. The van der Waals surface area contributed by atoms with Gasteiger partial charge in [0, 0.05) is 23.8 Å². The van der Waals surface area contributed by atoms with Crippen molar-refractivity contribution in [3.05, 3.63) is 78.3 Å². The lowest BCUT2D eigenvalue weighted by molar-refractivity contribution is -0.0582. The molecule has 0 spiro atoms. The van der Waals surface area contributed by atoms with Gasteiger partial charge in [0.25, 0.3) is 0 Å². The number of alkyl halides is 2. The van der Waals surface area contributed by atoms with Gasteiger partial charge >= 0.3 is 0 Å². The minimum absolute atomic E-state index is 0.128. The summed E-state index contributed by atoms with van der Waals surface area (Å²) >= 11 is 0. The molecule has 0 aliphatic heterocycles. The van der Waals surface area contributed by atoms with Crippen LogP contribution in [0.5, 0.6) is 5.75 Å². The number of ether oxygens (including phenoxy) is 1. The molecule has 1 saturated carbocycles. The van der Waals surface area contributed by atoms with E-state index in [-0.39, 0.29) is 31.3 Å². The molecule has 5 rings (SSSR count). The Hall–Kier alpha value is -3.25. The number of halogens is 3. The van der Waals surface area contributed by atoms with Gasteiger partial charge in [-0.15, -0.1) is 0 Å². The number of nitrogens with two attached hydrogens (primary N) is 1. The molecule has 6 heteroatoms. The summed E-state index contributed by atoms with van der Waals surface area (Å²) in [6.45, 7) is 0.284. The molecule has 0 saturated heterocycles. The molecule has 1 fully saturated rings. The Bertz CT molecular complexity index is 1250. The third kappa shape index (κ3) is 4.62. The lowest BCUT2D eigenvalue weighted by Gasteiger charge is -2.28. The number of fused-ring (bicyclic) bond motifs is 1. The third-order valence-corrected chi connectivity index (χ3v) is 6.18. The highest BCUT2D eigenvalue weighted by Crippen LogP contribution is 2.37. The van der Waals surface area contributed by atoms with Crippen LogP contribution < -0.4 is 10.5 Å². The number of furan rings is 1. The van der Waals surface area contributed by atoms with Crippen LogP contribution in [-0.2, 0) is 6.54 Å². The Morgan fingerprint density at radius 3 is 2.21 bits per heavy atom. The van der Waals surface area contributed by atoms with Gasteiger partial charge < -0.3 is 14.9 Å². The van der Waals surface area contributed by atoms with Crippen molar-refractivity contribution in [2.24, 2.45) is 5.73 Å². The van der Waals surface area contributed by atoms with Gasteiger partial charge in [-0.25, -0.2) is 13.2 Å². The van der Waals surface area contributed by atoms with Crippen molar-refractivity contribution in [3.63, 3.8) is 0 Å². The molecule has 3 nitrogen and oxygen atoms in total. The second-order valence-electron chi connectivity index (χ2n) is 8.56. The Kier molecular flexibility index (Phi) is 5.62. The molecule has 0 unspecified atom stereocenters. The van der Waals surface area contributed by atoms with Crippen LogP contribution in [0.2, 0.25) is 0 Å². The smallest absolute Gasteiger partial charge is 0.248 e. The van der Waals surface area contributed by atoms with Crippen molar-refractivity contribution in [2.75, 3.05) is 0 Å². The highest BCUT2D eigenvalue weighted by atomic mass is 19.3. The first-order valence-corrected chi connectivity index (χ1v) is 11.1. The van der Waals surface area contributed by atoms with Crippen molar-refractivity contribution in [1.82, 2.24) is 0 Å². The number of hydrogen-bond acceptors (Lipinski definition) is 3. The van der Waals surface area contributed by atoms with Gasteiger partial charge in [-0.1, -0.05) is 24.3 Å². The van der Waals surface area contributed by atoms with Crippen molar-refractivity contribution >= 4 is 11.0 Å². The van der Waals surface area contributed by atoms with Crippen LogP contribution in [0.3, 0.4) is 0 Å². The SMILES string of the molecule is NCc1cc2cc(-c3ccc(OC4CCC(F)(F)CC4)cc3)cc(-c3ccc(F)cc3)c2o1. The summed E-state index contributed by atoms with van der Waals surface area (Å²) in [5, 5.41) is 0.913. The van der Waals surface area contributed by atoms with E-state index in [9.17, 15) is 13.2 Å². The Balaban J connectivity index is 1.45. The molecule has 0 bridgehead atoms.